The first-order valence-electron chi connectivity index (χ1n) is 7.15. The molecule has 0 bridgehead atoms. The molecule has 7 nitrogen and oxygen atoms in total. The zero-order chi connectivity index (χ0) is 17.3. The number of carbonyl (C=O) groups excluding carboxylic acids is 1. The Kier molecular flexibility index (Phi) is 3.83. The van der Waals surface area contributed by atoms with E-state index in [9.17, 15) is 9.90 Å². The van der Waals surface area contributed by atoms with Crippen LogP contribution in [0.5, 0.6) is 5.75 Å². The van der Waals surface area contributed by atoms with Crippen molar-refractivity contribution in [1.82, 2.24) is 15.0 Å². The molecular weight excluding hydrogens is 306 g/mol. The molecule has 5 N–H and O–H groups in total. The molecule has 0 aliphatic heterocycles. The second-order valence-electron chi connectivity index (χ2n) is 5.26. The molecule has 3 rings (SSSR count). The lowest BCUT2D eigenvalue weighted by Gasteiger charge is -2.13. The fourth-order valence-electron chi connectivity index (χ4n) is 2.36. The van der Waals surface area contributed by atoms with Crippen LogP contribution in [-0.2, 0) is 0 Å². The number of carbonyl (C=O) groups is 1. The summed E-state index contributed by atoms with van der Waals surface area (Å²) in [7, 11) is 0. The van der Waals surface area contributed by atoms with Gasteiger partial charge in [-0.25, -0.2) is 9.97 Å². The highest BCUT2D eigenvalue weighted by molar-refractivity contribution is 5.99. The van der Waals surface area contributed by atoms with Crippen LogP contribution in [0.1, 0.15) is 16.1 Å². The summed E-state index contributed by atoms with van der Waals surface area (Å²) >= 11 is 0. The minimum Gasteiger partial charge on any atom is -0.508 e. The van der Waals surface area contributed by atoms with E-state index in [4.69, 9.17) is 11.5 Å². The Bertz CT molecular complexity index is 926. The predicted octanol–water partition coefficient (Wildman–Crippen LogP) is 1.90. The molecule has 0 aliphatic carbocycles. The fraction of sp³-hybridized carbons (Fsp3) is 0.0588. The highest BCUT2D eigenvalue weighted by atomic mass is 16.3. The first-order valence-corrected chi connectivity index (χ1v) is 7.15. The van der Waals surface area contributed by atoms with Crippen molar-refractivity contribution < 1.29 is 9.90 Å². The molecule has 0 spiro atoms. The van der Waals surface area contributed by atoms with Gasteiger partial charge in [0.25, 0.3) is 5.91 Å². The van der Waals surface area contributed by atoms with Crippen molar-refractivity contribution in [2.75, 3.05) is 5.73 Å². The Hall–Kier alpha value is -3.48. The van der Waals surface area contributed by atoms with Gasteiger partial charge >= 0.3 is 0 Å². The number of nitrogens with zero attached hydrogens (tertiary/aromatic N) is 3. The topological polar surface area (TPSA) is 128 Å². The molecule has 0 saturated heterocycles. The molecule has 0 radical (unpaired) electrons. The lowest BCUT2D eigenvalue weighted by atomic mass is 10.0. The number of nitrogen functional groups attached to an aromatic ring is 1. The van der Waals surface area contributed by atoms with Crippen molar-refractivity contribution in [1.29, 1.82) is 0 Å². The molecule has 2 heterocycles. The Balaban J connectivity index is 2.31. The van der Waals surface area contributed by atoms with E-state index < -0.39 is 5.91 Å². The van der Waals surface area contributed by atoms with Crippen LogP contribution in [0, 0.1) is 6.92 Å². The molecule has 0 aliphatic rings. The number of amides is 1. The largest absolute Gasteiger partial charge is 0.508 e. The van der Waals surface area contributed by atoms with Gasteiger partial charge in [0.2, 0.25) is 0 Å². The third kappa shape index (κ3) is 2.74. The maximum absolute atomic E-state index is 11.7. The third-order valence-electron chi connectivity index (χ3n) is 3.59. The molecule has 24 heavy (non-hydrogen) atoms. The molecule has 0 fully saturated rings. The van der Waals surface area contributed by atoms with Crippen molar-refractivity contribution in [3.63, 3.8) is 0 Å². The lowest BCUT2D eigenvalue weighted by Crippen LogP contribution is -2.18. The van der Waals surface area contributed by atoms with E-state index in [0.29, 0.717) is 22.6 Å². The molecule has 0 atom stereocenters. The lowest BCUT2D eigenvalue weighted by molar-refractivity contribution is 0.0996. The highest BCUT2D eigenvalue weighted by Gasteiger charge is 2.19. The van der Waals surface area contributed by atoms with Gasteiger partial charge in [0.15, 0.2) is 11.5 Å². The number of rotatable bonds is 3. The number of anilines is 1. The van der Waals surface area contributed by atoms with Gasteiger partial charge in [-0.1, -0.05) is 6.07 Å². The number of phenols is 1. The van der Waals surface area contributed by atoms with E-state index in [2.05, 4.69) is 15.0 Å². The normalized spacial score (nSPS) is 10.5. The van der Waals surface area contributed by atoms with Crippen LogP contribution < -0.4 is 11.5 Å². The summed E-state index contributed by atoms with van der Waals surface area (Å²) < 4.78 is 0. The zero-order valence-corrected chi connectivity index (χ0v) is 12.9. The van der Waals surface area contributed by atoms with Crippen LogP contribution in [0.25, 0.3) is 22.6 Å². The van der Waals surface area contributed by atoms with E-state index in [1.165, 1.54) is 6.07 Å². The second-order valence-corrected chi connectivity index (χ2v) is 5.26. The van der Waals surface area contributed by atoms with Crippen molar-refractivity contribution in [2.45, 2.75) is 6.92 Å². The minimum atomic E-state index is -0.746. The van der Waals surface area contributed by atoms with Crippen LogP contribution in [0.2, 0.25) is 0 Å². The highest BCUT2D eigenvalue weighted by Crippen LogP contribution is 2.32. The van der Waals surface area contributed by atoms with Gasteiger partial charge in [0, 0.05) is 23.5 Å². The number of phenolic OH excluding ortho intramolecular Hbond substituents is 1. The summed E-state index contributed by atoms with van der Waals surface area (Å²) in [6.07, 6.45) is 3.19. The number of hydrogen-bond acceptors (Lipinski definition) is 6. The fourth-order valence-corrected chi connectivity index (χ4v) is 2.36. The van der Waals surface area contributed by atoms with Crippen LogP contribution in [-0.4, -0.2) is 26.0 Å². The molecule has 3 aromatic rings. The Morgan fingerprint density at radius 1 is 1.12 bits per heavy atom. The molecular formula is C17H15N5O2. The average Bonchev–Trinajstić information content (AvgIpc) is 2.58. The quantitative estimate of drug-likeness (QED) is 0.676. The van der Waals surface area contributed by atoms with E-state index >= 15 is 0 Å². The first-order chi connectivity index (χ1) is 11.5. The van der Waals surface area contributed by atoms with Gasteiger partial charge in [-0.15, -0.1) is 0 Å². The van der Waals surface area contributed by atoms with Crippen molar-refractivity contribution >= 4 is 11.6 Å². The first kappa shape index (κ1) is 15.4. The SMILES string of the molecule is Cc1ccc(O)cc1-c1nc(-c2ccncc2)nc(C(N)=O)c1N. The Morgan fingerprint density at radius 3 is 2.50 bits per heavy atom. The number of pyridine rings is 1. The molecule has 1 aromatic carbocycles. The summed E-state index contributed by atoms with van der Waals surface area (Å²) in [5.41, 5.74) is 14.0. The molecule has 120 valence electrons. The number of aromatic nitrogens is 3. The van der Waals surface area contributed by atoms with Crippen LogP contribution in [0.4, 0.5) is 5.69 Å². The van der Waals surface area contributed by atoms with Crippen molar-refractivity contribution in [3.05, 3.63) is 54.0 Å². The van der Waals surface area contributed by atoms with Crippen molar-refractivity contribution in [3.8, 4) is 28.4 Å². The zero-order valence-electron chi connectivity index (χ0n) is 12.9. The van der Waals surface area contributed by atoms with Crippen LogP contribution in [0.3, 0.4) is 0 Å². The summed E-state index contributed by atoms with van der Waals surface area (Å²) in [5, 5.41) is 9.77. The number of hydrogen-bond donors (Lipinski definition) is 3. The van der Waals surface area contributed by atoms with Gasteiger partial charge in [0.1, 0.15) is 5.75 Å². The average molecular weight is 321 g/mol. The third-order valence-corrected chi connectivity index (χ3v) is 3.59. The molecule has 7 heteroatoms. The molecule has 0 saturated carbocycles. The van der Waals surface area contributed by atoms with Gasteiger partial charge in [-0.05, 0) is 36.8 Å². The molecule has 1 amide bonds. The van der Waals surface area contributed by atoms with E-state index in [1.807, 2.05) is 6.92 Å². The van der Waals surface area contributed by atoms with Crippen LogP contribution in [0.15, 0.2) is 42.7 Å². The summed E-state index contributed by atoms with van der Waals surface area (Å²) in [6, 6.07) is 8.27. The summed E-state index contributed by atoms with van der Waals surface area (Å²) in [6.45, 7) is 1.85. The molecule has 0 unspecified atom stereocenters. The summed E-state index contributed by atoms with van der Waals surface area (Å²) in [4.78, 5) is 24.3. The van der Waals surface area contributed by atoms with Gasteiger partial charge < -0.3 is 16.6 Å². The van der Waals surface area contributed by atoms with Gasteiger partial charge in [0.05, 0.1) is 11.4 Å². The minimum absolute atomic E-state index is 0.0606. The maximum atomic E-state index is 11.7. The monoisotopic (exact) mass is 321 g/mol. The van der Waals surface area contributed by atoms with E-state index in [-0.39, 0.29) is 17.1 Å². The Labute approximate surface area is 138 Å². The van der Waals surface area contributed by atoms with E-state index in [0.717, 1.165) is 5.56 Å². The second kappa shape index (κ2) is 5.96. The smallest absolute Gasteiger partial charge is 0.269 e. The van der Waals surface area contributed by atoms with Crippen LogP contribution >= 0.6 is 0 Å². The number of nitrogens with two attached hydrogens (primary N) is 2. The van der Waals surface area contributed by atoms with Gasteiger partial charge in [-0.2, -0.15) is 0 Å². The number of primary amides is 1. The number of aromatic hydroxyl groups is 1. The van der Waals surface area contributed by atoms with Crippen molar-refractivity contribution in [2.24, 2.45) is 5.73 Å². The summed E-state index contributed by atoms with van der Waals surface area (Å²) in [5.74, 6) is -0.373. The number of aryl methyl sites for hydroxylation is 1. The predicted molar refractivity (Wildman–Crippen MR) is 90.0 cm³/mol. The van der Waals surface area contributed by atoms with Gasteiger partial charge in [-0.3, -0.25) is 9.78 Å². The Morgan fingerprint density at radius 2 is 1.83 bits per heavy atom. The van der Waals surface area contributed by atoms with E-state index in [1.54, 1.807) is 36.7 Å². The molecule has 2 aromatic heterocycles. The number of benzene rings is 1. The standard InChI is InChI=1S/C17H15N5O2/c1-9-2-3-11(23)8-12(9)14-13(18)15(16(19)24)22-17(21-14)10-4-6-20-7-5-10/h2-8,23H,18H2,1H3,(H2,19,24). The maximum Gasteiger partial charge on any atom is 0.269 e.